The predicted octanol–water partition coefficient (Wildman–Crippen LogP) is 2.85. The molecule has 0 atom stereocenters. The van der Waals surface area contributed by atoms with Crippen LogP contribution in [0.1, 0.15) is 10.4 Å². The molecule has 1 heterocycles. The third kappa shape index (κ3) is 4.10. The molecule has 1 aromatic heterocycles. The smallest absolute Gasteiger partial charge is 0.249 e. The van der Waals surface area contributed by atoms with E-state index in [0.717, 1.165) is 0 Å². The number of aromatic nitrogens is 3. The van der Waals surface area contributed by atoms with Gasteiger partial charge in [0, 0.05) is 5.56 Å². The zero-order chi connectivity index (χ0) is 17.6. The van der Waals surface area contributed by atoms with Crippen LogP contribution in [0.15, 0.2) is 67.3 Å². The van der Waals surface area contributed by atoms with Crippen molar-refractivity contribution in [3.63, 3.8) is 0 Å². The molecule has 0 radical (unpaired) electrons. The van der Waals surface area contributed by atoms with Crippen LogP contribution in [0.25, 0.3) is 0 Å². The van der Waals surface area contributed by atoms with Crippen LogP contribution >= 0.6 is 11.6 Å². The Morgan fingerprint density at radius 2 is 1.76 bits per heavy atom. The van der Waals surface area contributed by atoms with Gasteiger partial charge in [-0.2, -0.15) is 5.10 Å². The molecule has 3 rings (SSSR count). The van der Waals surface area contributed by atoms with Gasteiger partial charge in [0.1, 0.15) is 19.2 Å². The van der Waals surface area contributed by atoms with Crippen molar-refractivity contribution in [2.75, 3.05) is 11.4 Å². The predicted molar refractivity (Wildman–Crippen MR) is 94.6 cm³/mol. The average Bonchev–Trinajstić information content (AvgIpc) is 3.14. The van der Waals surface area contributed by atoms with Gasteiger partial charge in [0.25, 0.3) is 0 Å². The van der Waals surface area contributed by atoms with E-state index in [0.29, 0.717) is 16.3 Å². The summed E-state index contributed by atoms with van der Waals surface area (Å²) in [6.07, 6.45) is 2.80. The van der Waals surface area contributed by atoms with Crippen LogP contribution in [-0.2, 0) is 11.3 Å². The minimum atomic E-state index is -0.303. The van der Waals surface area contributed by atoms with Crippen LogP contribution in [-0.4, -0.2) is 33.0 Å². The monoisotopic (exact) mass is 354 g/mol. The number of halogens is 1. The number of rotatable bonds is 6. The van der Waals surface area contributed by atoms with E-state index in [-0.39, 0.29) is 24.8 Å². The van der Waals surface area contributed by atoms with Gasteiger partial charge in [0.15, 0.2) is 5.78 Å². The molecule has 3 aromatic rings. The maximum absolute atomic E-state index is 12.8. The van der Waals surface area contributed by atoms with E-state index in [1.807, 2.05) is 6.07 Å². The van der Waals surface area contributed by atoms with Crippen LogP contribution in [0.3, 0.4) is 0 Å². The molecule has 7 heteroatoms. The second kappa shape index (κ2) is 7.72. The van der Waals surface area contributed by atoms with Crippen molar-refractivity contribution < 1.29 is 9.59 Å². The molecule has 2 aromatic carbocycles. The van der Waals surface area contributed by atoms with Gasteiger partial charge in [0.05, 0.1) is 17.3 Å². The van der Waals surface area contributed by atoms with E-state index in [2.05, 4.69) is 10.1 Å². The highest BCUT2D eigenvalue weighted by molar-refractivity contribution is 6.34. The zero-order valence-corrected chi connectivity index (χ0v) is 14.0. The van der Waals surface area contributed by atoms with E-state index in [1.165, 1.54) is 22.2 Å². The highest BCUT2D eigenvalue weighted by Gasteiger charge is 2.22. The second-order valence-corrected chi connectivity index (χ2v) is 5.72. The Hall–Kier alpha value is -2.99. The number of nitrogens with zero attached hydrogens (tertiary/aromatic N) is 4. The normalized spacial score (nSPS) is 10.4. The fraction of sp³-hybridized carbons (Fsp3) is 0.111. The third-order valence-electron chi connectivity index (χ3n) is 3.61. The number of carbonyl (C=O) groups excluding carboxylic acids is 2. The van der Waals surface area contributed by atoms with Gasteiger partial charge in [-0.1, -0.05) is 54.1 Å². The van der Waals surface area contributed by atoms with Crippen LogP contribution < -0.4 is 4.90 Å². The quantitative estimate of drug-likeness (QED) is 0.638. The van der Waals surface area contributed by atoms with Gasteiger partial charge in [-0.25, -0.2) is 9.67 Å². The van der Waals surface area contributed by atoms with Crippen molar-refractivity contribution >= 4 is 29.0 Å². The molecule has 0 spiro atoms. The molecular formula is C18H15ClN4O2. The molecule has 0 N–H and O–H groups in total. The van der Waals surface area contributed by atoms with Gasteiger partial charge >= 0.3 is 0 Å². The molecule has 126 valence electrons. The first-order valence-electron chi connectivity index (χ1n) is 7.60. The minimum Gasteiger partial charge on any atom is -0.301 e. The zero-order valence-electron chi connectivity index (χ0n) is 13.2. The minimum absolute atomic E-state index is 0.0344. The van der Waals surface area contributed by atoms with Crippen molar-refractivity contribution in [3.8, 4) is 0 Å². The van der Waals surface area contributed by atoms with E-state index < -0.39 is 0 Å². The Labute approximate surface area is 149 Å². The van der Waals surface area contributed by atoms with Crippen LogP contribution in [0.5, 0.6) is 0 Å². The lowest BCUT2D eigenvalue weighted by molar-refractivity contribution is -0.119. The van der Waals surface area contributed by atoms with Gasteiger partial charge in [-0.3, -0.25) is 9.59 Å². The van der Waals surface area contributed by atoms with Gasteiger partial charge in [0.2, 0.25) is 5.91 Å². The number of carbonyl (C=O) groups is 2. The number of anilines is 1. The van der Waals surface area contributed by atoms with E-state index in [1.54, 1.807) is 48.5 Å². The van der Waals surface area contributed by atoms with Crippen LogP contribution in [0.4, 0.5) is 5.69 Å². The van der Waals surface area contributed by atoms with Crippen molar-refractivity contribution in [3.05, 3.63) is 77.8 Å². The fourth-order valence-corrected chi connectivity index (χ4v) is 2.61. The molecule has 6 nitrogen and oxygen atoms in total. The lowest BCUT2D eigenvalue weighted by Crippen LogP contribution is -2.38. The number of hydrogen-bond donors (Lipinski definition) is 0. The summed E-state index contributed by atoms with van der Waals surface area (Å²) in [6, 6.07) is 15.8. The summed E-state index contributed by atoms with van der Waals surface area (Å²) in [5.74, 6) is -0.477. The summed E-state index contributed by atoms with van der Waals surface area (Å²) in [6.45, 7) is -0.144. The average molecular weight is 355 g/mol. The Morgan fingerprint density at radius 3 is 2.44 bits per heavy atom. The van der Waals surface area contributed by atoms with E-state index >= 15 is 0 Å². The molecule has 0 unspecified atom stereocenters. The number of Topliss-reactive ketones (excluding diaryl/α,β-unsaturated/α-hetero) is 1. The second-order valence-electron chi connectivity index (χ2n) is 5.31. The third-order valence-corrected chi connectivity index (χ3v) is 3.93. The number of benzene rings is 2. The summed E-state index contributed by atoms with van der Waals surface area (Å²) in [5, 5.41) is 4.33. The van der Waals surface area contributed by atoms with Crippen molar-refractivity contribution in [1.82, 2.24) is 14.8 Å². The summed E-state index contributed by atoms with van der Waals surface area (Å²) in [7, 11) is 0. The molecule has 0 aliphatic carbocycles. The first-order chi connectivity index (χ1) is 12.1. The lowest BCUT2D eigenvalue weighted by atomic mass is 10.1. The number of para-hydroxylation sites is 1. The fourth-order valence-electron chi connectivity index (χ4n) is 2.38. The summed E-state index contributed by atoms with van der Waals surface area (Å²) < 4.78 is 1.40. The molecule has 0 fully saturated rings. The molecule has 0 bridgehead atoms. The lowest BCUT2D eigenvalue weighted by Gasteiger charge is -2.23. The largest absolute Gasteiger partial charge is 0.301 e. The van der Waals surface area contributed by atoms with E-state index in [9.17, 15) is 9.59 Å². The van der Waals surface area contributed by atoms with Gasteiger partial charge < -0.3 is 4.90 Å². The molecule has 0 aliphatic rings. The Kier molecular flexibility index (Phi) is 5.20. The summed E-state index contributed by atoms with van der Waals surface area (Å²) >= 11 is 6.23. The van der Waals surface area contributed by atoms with Crippen molar-refractivity contribution in [1.29, 1.82) is 0 Å². The van der Waals surface area contributed by atoms with Gasteiger partial charge in [-0.15, -0.1) is 0 Å². The molecular weight excluding hydrogens is 340 g/mol. The number of ketones is 1. The molecule has 0 aliphatic heterocycles. The van der Waals surface area contributed by atoms with Crippen molar-refractivity contribution in [2.45, 2.75) is 6.54 Å². The first kappa shape index (κ1) is 16.9. The van der Waals surface area contributed by atoms with Gasteiger partial charge in [-0.05, 0) is 12.1 Å². The van der Waals surface area contributed by atoms with E-state index in [4.69, 9.17) is 11.6 Å². The molecule has 0 saturated carbocycles. The van der Waals surface area contributed by atoms with Crippen molar-refractivity contribution in [2.24, 2.45) is 0 Å². The topological polar surface area (TPSA) is 68.1 Å². The number of amides is 1. The molecule has 25 heavy (non-hydrogen) atoms. The SMILES string of the molecule is O=C(CN(C(=O)Cn1cncn1)c1ccccc1Cl)c1ccccc1. The molecule has 1 amide bonds. The summed E-state index contributed by atoms with van der Waals surface area (Å²) in [5.41, 5.74) is 1.02. The van der Waals surface area contributed by atoms with Crippen LogP contribution in [0.2, 0.25) is 5.02 Å². The highest BCUT2D eigenvalue weighted by Crippen LogP contribution is 2.26. The molecule has 0 saturated heterocycles. The van der Waals surface area contributed by atoms with Crippen LogP contribution in [0, 0.1) is 0 Å². The maximum atomic E-state index is 12.8. The standard InChI is InChI=1S/C18H15ClN4O2/c19-15-8-4-5-9-16(15)23(18(25)11-22-13-20-12-21-22)10-17(24)14-6-2-1-3-7-14/h1-9,12-13H,10-11H2. The maximum Gasteiger partial charge on any atom is 0.249 e. The Balaban J connectivity index is 1.88. The first-order valence-corrected chi connectivity index (χ1v) is 7.98. The highest BCUT2D eigenvalue weighted by atomic mass is 35.5. The Bertz CT molecular complexity index is 866. The number of hydrogen-bond acceptors (Lipinski definition) is 4. The Morgan fingerprint density at radius 1 is 1.04 bits per heavy atom. The summed E-state index contributed by atoms with van der Waals surface area (Å²) in [4.78, 5) is 30.5.